The molecule has 32 heavy (non-hydrogen) atoms. The zero-order valence-corrected chi connectivity index (χ0v) is 18.9. The maximum absolute atomic E-state index is 13.1. The van der Waals surface area contributed by atoms with Gasteiger partial charge in [-0.05, 0) is 49.2 Å². The minimum absolute atomic E-state index is 0.0126. The predicted molar refractivity (Wildman–Crippen MR) is 125 cm³/mol. The van der Waals surface area contributed by atoms with E-state index in [1.54, 1.807) is 37.3 Å². The topological polar surface area (TPSA) is 104 Å². The molecule has 0 bridgehead atoms. The fraction of sp³-hybridized carbons (Fsp3) is 0.167. The number of para-hydroxylation sites is 1. The number of carbonyl (C=O) groups is 2. The molecule has 0 atom stereocenters. The molecule has 2 amide bonds. The first-order valence-corrected chi connectivity index (χ1v) is 11.5. The molecular formula is C24H25N3O4S. The molecule has 0 heterocycles. The van der Waals surface area contributed by atoms with Crippen LogP contribution in [0.3, 0.4) is 0 Å². The maximum Gasteiger partial charge on any atom is 0.262 e. The van der Waals surface area contributed by atoms with Gasteiger partial charge in [-0.25, -0.2) is 8.42 Å². The lowest BCUT2D eigenvalue weighted by molar-refractivity contribution is -0.114. The monoisotopic (exact) mass is 451 g/mol. The van der Waals surface area contributed by atoms with Crippen molar-refractivity contribution in [3.8, 4) is 0 Å². The van der Waals surface area contributed by atoms with Gasteiger partial charge in [-0.1, -0.05) is 48.0 Å². The number of anilines is 2. The zero-order valence-electron chi connectivity index (χ0n) is 18.1. The Morgan fingerprint density at radius 3 is 2.28 bits per heavy atom. The average Bonchev–Trinajstić information content (AvgIpc) is 2.74. The number of hydrogen-bond acceptors (Lipinski definition) is 4. The van der Waals surface area contributed by atoms with Crippen LogP contribution in [0, 0.1) is 13.8 Å². The van der Waals surface area contributed by atoms with Gasteiger partial charge in [0.25, 0.3) is 15.9 Å². The van der Waals surface area contributed by atoms with Crippen molar-refractivity contribution in [2.45, 2.75) is 32.2 Å². The summed E-state index contributed by atoms with van der Waals surface area (Å²) in [6, 6.07) is 18.8. The van der Waals surface area contributed by atoms with Gasteiger partial charge in [0.05, 0.1) is 16.1 Å². The average molecular weight is 452 g/mol. The fourth-order valence-corrected chi connectivity index (χ4v) is 4.48. The summed E-state index contributed by atoms with van der Waals surface area (Å²) in [7, 11) is -4.01. The Labute approximate surface area is 187 Å². The maximum atomic E-state index is 13.1. The van der Waals surface area contributed by atoms with E-state index in [0.717, 1.165) is 11.1 Å². The third kappa shape index (κ3) is 5.73. The lowest BCUT2D eigenvalue weighted by atomic mass is 10.1. The van der Waals surface area contributed by atoms with E-state index in [1.807, 2.05) is 31.2 Å². The molecule has 0 saturated carbocycles. The van der Waals surface area contributed by atoms with Gasteiger partial charge < -0.3 is 10.6 Å². The number of amides is 2. The lowest BCUT2D eigenvalue weighted by Gasteiger charge is -2.15. The highest BCUT2D eigenvalue weighted by Gasteiger charge is 2.21. The third-order valence-electron chi connectivity index (χ3n) is 4.79. The van der Waals surface area contributed by atoms with E-state index < -0.39 is 15.9 Å². The summed E-state index contributed by atoms with van der Waals surface area (Å²) in [6.07, 6.45) is 0. The Kier molecular flexibility index (Phi) is 6.95. The van der Waals surface area contributed by atoms with Gasteiger partial charge in [0.1, 0.15) is 0 Å². The van der Waals surface area contributed by atoms with E-state index in [2.05, 4.69) is 15.4 Å². The number of aryl methyl sites for hydroxylation is 2. The van der Waals surface area contributed by atoms with Crippen LogP contribution in [-0.4, -0.2) is 20.2 Å². The Morgan fingerprint density at radius 1 is 0.906 bits per heavy atom. The van der Waals surface area contributed by atoms with Gasteiger partial charge >= 0.3 is 0 Å². The van der Waals surface area contributed by atoms with Gasteiger partial charge in [-0.3, -0.25) is 14.3 Å². The van der Waals surface area contributed by atoms with Crippen molar-refractivity contribution in [3.63, 3.8) is 0 Å². The minimum Gasteiger partial charge on any atom is -0.348 e. The summed E-state index contributed by atoms with van der Waals surface area (Å²) in [6.45, 7) is 5.31. The Bertz CT molecular complexity index is 1250. The molecule has 0 aromatic heterocycles. The molecule has 3 N–H and O–H groups in total. The van der Waals surface area contributed by atoms with Crippen LogP contribution in [0.5, 0.6) is 0 Å². The molecule has 0 saturated heterocycles. The van der Waals surface area contributed by atoms with Gasteiger partial charge in [0.15, 0.2) is 0 Å². The molecular weight excluding hydrogens is 426 g/mol. The second-order valence-electron chi connectivity index (χ2n) is 7.48. The highest BCUT2D eigenvalue weighted by Crippen LogP contribution is 2.25. The van der Waals surface area contributed by atoms with Gasteiger partial charge in [-0.15, -0.1) is 0 Å². The van der Waals surface area contributed by atoms with Crippen molar-refractivity contribution in [2.24, 2.45) is 0 Å². The number of carbonyl (C=O) groups excluding carboxylic acids is 2. The first-order chi connectivity index (χ1) is 15.2. The Balaban J connectivity index is 1.83. The van der Waals surface area contributed by atoms with Crippen LogP contribution in [0.15, 0.2) is 71.6 Å². The van der Waals surface area contributed by atoms with Crippen LogP contribution in [0.4, 0.5) is 11.4 Å². The van der Waals surface area contributed by atoms with Crippen molar-refractivity contribution in [2.75, 3.05) is 10.0 Å². The largest absolute Gasteiger partial charge is 0.348 e. The molecule has 0 unspecified atom stereocenters. The van der Waals surface area contributed by atoms with Crippen molar-refractivity contribution in [3.05, 3.63) is 89.0 Å². The van der Waals surface area contributed by atoms with Crippen LogP contribution in [-0.2, 0) is 21.4 Å². The van der Waals surface area contributed by atoms with Crippen LogP contribution in [0.1, 0.15) is 34.0 Å². The smallest absolute Gasteiger partial charge is 0.262 e. The van der Waals surface area contributed by atoms with E-state index in [9.17, 15) is 18.0 Å². The normalized spacial score (nSPS) is 11.0. The molecule has 0 radical (unpaired) electrons. The lowest BCUT2D eigenvalue weighted by Crippen LogP contribution is -2.25. The third-order valence-corrected chi connectivity index (χ3v) is 6.30. The summed E-state index contributed by atoms with van der Waals surface area (Å²) in [5.74, 6) is -0.701. The summed E-state index contributed by atoms with van der Waals surface area (Å²) < 4.78 is 28.7. The summed E-state index contributed by atoms with van der Waals surface area (Å²) in [5.41, 5.74) is 3.31. The number of sulfonamides is 1. The van der Waals surface area contributed by atoms with Gasteiger partial charge in [0.2, 0.25) is 5.91 Å². The first-order valence-electron chi connectivity index (χ1n) is 9.99. The summed E-state index contributed by atoms with van der Waals surface area (Å²) >= 11 is 0. The van der Waals surface area contributed by atoms with Crippen molar-refractivity contribution >= 4 is 33.2 Å². The molecule has 166 valence electrons. The van der Waals surface area contributed by atoms with Gasteiger partial charge in [0, 0.05) is 19.2 Å². The second kappa shape index (κ2) is 9.65. The second-order valence-corrected chi connectivity index (χ2v) is 9.13. The first kappa shape index (κ1) is 23.0. The zero-order chi connectivity index (χ0) is 23.3. The van der Waals surface area contributed by atoms with Crippen LogP contribution < -0.4 is 15.4 Å². The van der Waals surface area contributed by atoms with Crippen molar-refractivity contribution in [1.82, 2.24) is 5.32 Å². The van der Waals surface area contributed by atoms with E-state index >= 15 is 0 Å². The number of benzene rings is 3. The number of rotatable bonds is 7. The fourth-order valence-electron chi connectivity index (χ4n) is 3.12. The standard InChI is InChI=1S/C24H25N3O4S/c1-16-8-11-19(12-9-16)15-25-24(29)21-6-4-5-7-22(21)27-32(30,31)23-14-20(26-18(3)28)13-10-17(23)2/h4-14,27H,15H2,1-3H3,(H,25,29)(H,26,28). The van der Waals surface area contributed by atoms with Crippen LogP contribution >= 0.6 is 0 Å². The van der Waals surface area contributed by atoms with Crippen LogP contribution in [0.2, 0.25) is 0 Å². The quantitative estimate of drug-likeness (QED) is 0.505. The molecule has 7 nitrogen and oxygen atoms in total. The highest BCUT2D eigenvalue weighted by molar-refractivity contribution is 7.92. The van der Waals surface area contributed by atoms with Crippen molar-refractivity contribution in [1.29, 1.82) is 0 Å². The highest BCUT2D eigenvalue weighted by atomic mass is 32.2. The minimum atomic E-state index is -4.01. The van der Waals surface area contributed by atoms with Crippen molar-refractivity contribution < 1.29 is 18.0 Å². The van der Waals surface area contributed by atoms with E-state index in [4.69, 9.17) is 0 Å². The molecule has 3 aromatic rings. The molecule has 0 aliphatic carbocycles. The molecule has 0 aliphatic heterocycles. The van der Waals surface area contributed by atoms with E-state index in [1.165, 1.54) is 19.1 Å². The SMILES string of the molecule is CC(=O)Nc1ccc(C)c(S(=O)(=O)Nc2ccccc2C(=O)NCc2ccc(C)cc2)c1. The number of nitrogens with one attached hydrogen (secondary N) is 3. The summed E-state index contributed by atoms with van der Waals surface area (Å²) in [4.78, 5) is 24.1. The Hall–Kier alpha value is -3.65. The van der Waals surface area contributed by atoms with E-state index in [-0.39, 0.29) is 22.1 Å². The number of hydrogen-bond donors (Lipinski definition) is 3. The Morgan fingerprint density at radius 2 is 1.59 bits per heavy atom. The predicted octanol–water partition coefficient (Wildman–Crippen LogP) is 3.99. The molecule has 3 aromatic carbocycles. The molecule has 0 aliphatic rings. The van der Waals surface area contributed by atoms with Crippen LogP contribution in [0.25, 0.3) is 0 Å². The van der Waals surface area contributed by atoms with Gasteiger partial charge in [-0.2, -0.15) is 0 Å². The molecule has 8 heteroatoms. The molecule has 0 spiro atoms. The summed E-state index contributed by atoms with van der Waals surface area (Å²) in [5, 5.41) is 5.40. The molecule has 0 fully saturated rings. The van der Waals surface area contributed by atoms with E-state index in [0.29, 0.717) is 17.8 Å². The molecule has 3 rings (SSSR count).